The number of hydrogen-bond donors (Lipinski definition) is 2. The predicted molar refractivity (Wildman–Crippen MR) is 111 cm³/mol. The third-order valence-electron chi connectivity index (χ3n) is 3.57. The molecule has 8 heteroatoms. The summed E-state index contributed by atoms with van der Waals surface area (Å²) in [5.41, 5.74) is 0.844. The van der Waals surface area contributed by atoms with Crippen molar-refractivity contribution in [3.8, 4) is 0 Å². The van der Waals surface area contributed by atoms with Crippen LogP contribution in [0.5, 0.6) is 0 Å². The van der Waals surface area contributed by atoms with E-state index in [1.807, 2.05) is 24.4 Å². The van der Waals surface area contributed by atoms with Gasteiger partial charge in [-0.2, -0.15) is 0 Å². The second-order valence-corrected chi connectivity index (χ2v) is 8.06. The zero-order valence-corrected chi connectivity index (χ0v) is 17.3. The van der Waals surface area contributed by atoms with E-state index in [-0.39, 0.29) is 13.1 Å². The van der Waals surface area contributed by atoms with Gasteiger partial charge in [0.1, 0.15) is 12.1 Å². The van der Waals surface area contributed by atoms with E-state index in [1.165, 1.54) is 16.2 Å². The SMILES string of the molecule is Cc1ccsc1NC(=O)NCC(=O)N(CC(=O)OC(C)(C)C)c1ccccc1. The molecule has 0 aliphatic heterocycles. The Balaban J connectivity index is 2.01. The Morgan fingerprint density at radius 1 is 1.11 bits per heavy atom. The van der Waals surface area contributed by atoms with Crippen LogP contribution in [0, 0.1) is 6.92 Å². The second kappa shape index (κ2) is 9.36. The number of carbonyl (C=O) groups is 3. The first-order chi connectivity index (χ1) is 13.2. The lowest BCUT2D eigenvalue weighted by molar-refractivity contribution is -0.153. The number of amides is 3. The van der Waals surface area contributed by atoms with Gasteiger partial charge in [-0.15, -0.1) is 11.3 Å². The zero-order valence-electron chi connectivity index (χ0n) is 16.4. The molecule has 1 heterocycles. The van der Waals surface area contributed by atoms with Gasteiger partial charge in [0.25, 0.3) is 0 Å². The number of esters is 1. The number of rotatable bonds is 6. The van der Waals surface area contributed by atoms with Crippen molar-refractivity contribution >= 4 is 39.9 Å². The number of para-hydroxylation sites is 1. The molecule has 2 N–H and O–H groups in total. The number of anilines is 2. The minimum Gasteiger partial charge on any atom is -0.459 e. The molecule has 2 rings (SSSR count). The quantitative estimate of drug-likeness (QED) is 0.722. The average molecular weight is 404 g/mol. The number of aryl methyl sites for hydroxylation is 1. The molecular formula is C20H25N3O4S. The molecule has 0 aliphatic rings. The van der Waals surface area contributed by atoms with E-state index in [0.29, 0.717) is 5.69 Å². The molecule has 28 heavy (non-hydrogen) atoms. The molecule has 1 aromatic heterocycles. The van der Waals surface area contributed by atoms with Gasteiger partial charge in [-0.25, -0.2) is 4.79 Å². The van der Waals surface area contributed by atoms with Gasteiger partial charge in [-0.1, -0.05) is 18.2 Å². The molecule has 0 aliphatic carbocycles. The smallest absolute Gasteiger partial charge is 0.326 e. The first-order valence-corrected chi connectivity index (χ1v) is 9.70. The van der Waals surface area contributed by atoms with E-state index in [4.69, 9.17) is 4.74 Å². The Labute approximate surface area is 168 Å². The highest BCUT2D eigenvalue weighted by atomic mass is 32.1. The Hall–Kier alpha value is -2.87. The summed E-state index contributed by atoms with van der Waals surface area (Å²) >= 11 is 1.40. The Morgan fingerprint density at radius 2 is 1.79 bits per heavy atom. The fourth-order valence-corrected chi connectivity index (χ4v) is 3.15. The normalized spacial score (nSPS) is 10.9. The van der Waals surface area contributed by atoms with Crippen LogP contribution in [0.4, 0.5) is 15.5 Å². The molecule has 3 amide bonds. The van der Waals surface area contributed by atoms with Gasteiger partial charge in [-0.3, -0.25) is 19.8 Å². The van der Waals surface area contributed by atoms with Crippen LogP contribution in [-0.4, -0.2) is 36.6 Å². The van der Waals surface area contributed by atoms with Gasteiger partial charge in [0.05, 0.1) is 11.5 Å². The van der Waals surface area contributed by atoms with Crippen LogP contribution in [0.1, 0.15) is 26.3 Å². The van der Waals surface area contributed by atoms with Crippen LogP contribution in [0.25, 0.3) is 0 Å². The Kier molecular flexibility index (Phi) is 7.17. The molecule has 0 spiro atoms. The zero-order chi connectivity index (χ0) is 20.7. The molecule has 1 aromatic carbocycles. The molecule has 2 aromatic rings. The third kappa shape index (κ3) is 6.70. The van der Waals surface area contributed by atoms with Crippen molar-refractivity contribution in [2.24, 2.45) is 0 Å². The predicted octanol–water partition coefficient (Wildman–Crippen LogP) is 3.55. The number of hydrogen-bond acceptors (Lipinski definition) is 5. The largest absolute Gasteiger partial charge is 0.459 e. The van der Waals surface area contributed by atoms with E-state index < -0.39 is 23.5 Å². The monoisotopic (exact) mass is 403 g/mol. The highest BCUT2D eigenvalue weighted by Crippen LogP contribution is 2.21. The van der Waals surface area contributed by atoms with Crippen LogP contribution in [0.2, 0.25) is 0 Å². The number of thiophene rings is 1. The number of ether oxygens (including phenoxy) is 1. The summed E-state index contributed by atoms with van der Waals surface area (Å²) < 4.78 is 5.32. The number of carbonyl (C=O) groups excluding carboxylic acids is 3. The average Bonchev–Trinajstić information content (AvgIpc) is 3.01. The molecular weight excluding hydrogens is 378 g/mol. The summed E-state index contributed by atoms with van der Waals surface area (Å²) in [5.74, 6) is -0.946. The van der Waals surface area contributed by atoms with E-state index in [2.05, 4.69) is 10.6 Å². The molecule has 0 unspecified atom stereocenters. The molecule has 0 fully saturated rings. The van der Waals surface area contributed by atoms with Crippen molar-refractivity contribution in [1.82, 2.24) is 5.32 Å². The second-order valence-electron chi connectivity index (χ2n) is 7.14. The summed E-state index contributed by atoms with van der Waals surface area (Å²) in [7, 11) is 0. The lowest BCUT2D eigenvalue weighted by Crippen LogP contribution is -2.44. The fourth-order valence-electron chi connectivity index (χ4n) is 2.33. The van der Waals surface area contributed by atoms with E-state index in [0.717, 1.165) is 10.6 Å². The summed E-state index contributed by atoms with van der Waals surface area (Å²) in [5, 5.41) is 7.83. The van der Waals surface area contributed by atoms with Gasteiger partial charge in [0, 0.05) is 5.69 Å². The first kappa shape index (κ1) is 21.4. The maximum atomic E-state index is 12.7. The maximum absolute atomic E-state index is 12.7. The topological polar surface area (TPSA) is 87.7 Å². The lowest BCUT2D eigenvalue weighted by Gasteiger charge is -2.25. The fraction of sp³-hybridized carbons (Fsp3) is 0.350. The van der Waals surface area contributed by atoms with Crippen LogP contribution < -0.4 is 15.5 Å². The van der Waals surface area contributed by atoms with Crippen molar-refractivity contribution < 1.29 is 19.1 Å². The molecule has 0 saturated carbocycles. The minimum absolute atomic E-state index is 0.243. The first-order valence-electron chi connectivity index (χ1n) is 8.82. The van der Waals surface area contributed by atoms with Crippen molar-refractivity contribution in [3.63, 3.8) is 0 Å². The molecule has 0 radical (unpaired) electrons. The Bertz CT molecular complexity index is 827. The van der Waals surface area contributed by atoms with Crippen molar-refractivity contribution in [2.75, 3.05) is 23.3 Å². The number of benzene rings is 1. The van der Waals surface area contributed by atoms with E-state index >= 15 is 0 Å². The van der Waals surface area contributed by atoms with Crippen LogP contribution in [-0.2, 0) is 14.3 Å². The molecule has 0 atom stereocenters. The van der Waals surface area contributed by atoms with Crippen molar-refractivity contribution in [1.29, 1.82) is 0 Å². The summed E-state index contributed by atoms with van der Waals surface area (Å²) in [6.45, 7) is 6.67. The summed E-state index contributed by atoms with van der Waals surface area (Å²) in [6, 6.07) is 10.2. The van der Waals surface area contributed by atoms with Crippen LogP contribution in [0.15, 0.2) is 41.8 Å². The molecule has 150 valence electrons. The lowest BCUT2D eigenvalue weighted by atomic mass is 10.2. The van der Waals surface area contributed by atoms with E-state index in [1.54, 1.807) is 45.0 Å². The maximum Gasteiger partial charge on any atom is 0.326 e. The van der Waals surface area contributed by atoms with Crippen molar-refractivity contribution in [3.05, 3.63) is 47.3 Å². The van der Waals surface area contributed by atoms with Gasteiger partial charge in [-0.05, 0) is 56.8 Å². The number of nitrogens with one attached hydrogen (secondary N) is 2. The number of nitrogens with zero attached hydrogens (tertiary/aromatic N) is 1. The highest BCUT2D eigenvalue weighted by Gasteiger charge is 2.23. The van der Waals surface area contributed by atoms with Gasteiger partial charge >= 0.3 is 12.0 Å². The molecule has 0 bridgehead atoms. The third-order valence-corrected chi connectivity index (χ3v) is 4.50. The van der Waals surface area contributed by atoms with Gasteiger partial charge < -0.3 is 10.1 Å². The van der Waals surface area contributed by atoms with Crippen LogP contribution >= 0.6 is 11.3 Å². The summed E-state index contributed by atoms with van der Waals surface area (Å²) in [6.07, 6.45) is 0. The van der Waals surface area contributed by atoms with Crippen molar-refractivity contribution in [2.45, 2.75) is 33.3 Å². The highest BCUT2D eigenvalue weighted by molar-refractivity contribution is 7.14. The molecule has 0 saturated heterocycles. The van der Waals surface area contributed by atoms with Gasteiger partial charge in [0.15, 0.2) is 0 Å². The molecule has 7 nitrogen and oxygen atoms in total. The summed E-state index contributed by atoms with van der Waals surface area (Å²) in [4.78, 5) is 38.3. The van der Waals surface area contributed by atoms with Crippen LogP contribution in [0.3, 0.4) is 0 Å². The minimum atomic E-state index is -0.654. The van der Waals surface area contributed by atoms with E-state index in [9.17, 15) is 14.4 Å². The van der Waals surface area contributed by atoms with Gasteiger partial charge in [0.2, 0.25) is 5.91 Å². The number of urea groups is 1. The Morgan fingerprint density at radius 3 is 2.36 bits per heavy atom. The standard InChI is InChI=1S/C20H25N3O4S/c1-14-10-11-28-18(14)22-19(26)21-12-16(24)23(15-8-6-5-7-9-15)13-17(25)27-20(2,3)4/h5-11H,12-13H2,1-4H3,(H2,21,22,26).